The molecule has 0 fully saturated rings. The number of ether oxygens (including phenoxy) is 1. The lowest BCUT2D eigenvalue weighted by atomic mass is 9.88. The van der Waals surface area contributed by atoms with E-state index in [1.54, 1.807) is 31.2 Å². The second kappa shape index (κ2) is 8.74. The van der Waals surface area contributed by atoms with E-state index in [1.165, 1.54) is 6.07 Å². The summed E-state index contributed by atoms with van der Waals surface area (Å²) < 4.78 is 34.9. The lowest BCUT2D eigenvalue weighted by molar-refractivity contribution is 0.412. The first-order chi connectivity index (χ1) is 17.2. The van der Waals surface area contributed by atoms with E-state index in [0.717, 1.165) is 17.3 Å². The van der Waals surface area contributed by atoms with Gasteiger partial charge >= 0.3 is 0 Å². The summed E-state index contributed by atoms with van der Waals surface area (Å²) in [6.07, 6.45) is 1.62. The molecule has 0 unspecified atom stereocenters. The van der Waals surface area contributed by atoms with Gasteiger partial charge in [-0.3, -0.25) is 0 Å². The van der Waals surface area contributed by atoms with Crippen molar-refractivity contribution < 1.29 is 13.5 Å². The highest BCUT2D eigenvalue weighted by molar-refractivity contribution is 5.76. The summed E-state index contributed by atoms with van der Waals surface area (Å²) in [5.74, 6) is 1.05. The Bertz CT molecular complexity index is 1450. The molecule has 9 nitrogen and oxygen atoms in total. The standard InChI is InChI=1S/C25H26F2N8O/c1-14-29-13-35(33-14)19-9-6-15(10-20(19)36-5)30-24-31-22(28-4)21-23(32-24)34(12-25(21,2)3)16-7-8-17(26)18(27)11-16/h6-11,13H,12H2,1-5H3,(H2,28,30,31,32). The van der Waals surface area contributed by atoms with Crippen LogP contribution in [0.4, 0.5) is 37.7 Å². The molecular weight excluding hydrogens is 466 g/mol. The minimum atomic E-state index is -0.908. The topological polar surface area (TPSA) is 93.0 Å². The van der Waals surface area contributed by atoms with Crippen molar-refractivity contribution in [2.45, 2.75) is 26.2 Å². The van der Waals surface area contributed by atoms with Crippen LogP contribution in [-0.2, 0) is 5.41 Å². The Morgan fingerprint density at radius 2 is 1.86 bits per heavy atom. The molecule has 186 valence electrons. The van der Waals surface area contributed by atoms with E-state index in [0.29, 0.717) is 47.1 Å². The Morgan fingerprint density at radius 3 is 2.53 bits per heavy atom. The molecule has 0 amide bonds. The molecule has 2 aromatic heterocycles. The quantitative estimate of drug-likeness (QED) is 0.394. The molecule has 36 heavy (non-hydrogen) atoms. The van der Waals surface area contributed by atoms with Crippen LogP contribution in [0, 0.1) is 18.6 Å². The average Bonchev–Trinajstić information content (AvgIpc) is 3.40. The number of halogens is 2. The van der Waals surface area contributed by atoms with Crippen molar-refractivity contribution in [1.82, 2.24) is 24.7 Å². The Kier molecular flexibility index (Phi) is 5.70. The minimum absolute atomic E-state index is 0.335. The third-order valence-corrected chi connectivity index (χ3v) is 6.12. The molecule has 4 aromatic rings. The van der Waals surface area contributed by atoms with Crippen molar-refractivity contribution in [3.8, 4) is 11.4 Å². The number of anilines is 5. The molecule has 0 aliphatic carbocycles. The van der Waals surface area contributed by atoms with Gasteiger partial charge in [0.25, 0.3) is 0 Å². The summed E-state index contributed by atoms with van der Waals surface area (Å²) in [5, 5.41) is 10.7. The Morgan fingerprint density at radius 1 is 1.06 bits per heavy atom. The highest BCUT2D eigenvalue weighted by Crippen LogP contribution is 2.47. The van der Waals surface area contributed by atoms with Gasteiger partial charge in [-0.25, -0.2) is 18.4 Å². The fourth-order valence-electron chi connectivity index (χ4n) is 4.46. The van der Waals surface area contributed by atoms with Gasteiger partial charge < -0.3 is 20.3 Å². The van der Waals surface area contributed by atoms with Gasteiger partial charge in [0, 0.05) is 48.1 Å². The van der Waals surface area contributed by atoms with E-state index in [4.69, 9.17) is 14.7 Å². The number of methoxy groups -OCH3 is 1. The summed E-state index contributed by atoms with van der Waals surface area (Å²) in [6, 6.07) is 9.40. The van der Waals surface area contributed by atoms with Gasteiger partial charge in [-0.2, -0.15) is 15.1 Å². The number of nitrogens with one attached hydrogen (secondary N) is 2. The smallest absolute Gasteiger partial charge is 0.231 e. The van der Waals surface area contributed by atoms with E-state index < -0.39 is 11.6 Å². The average molecular weight is 493 g/mol. The molecule has 5 rings (SSSR count). The molecule has 1 aliphatic heterocycles. The SMILES string of the molecule is CNc1nc(Nc2ccc(-n3cnc(C)n3)c(OC)c2)nc2c1C(C)(C)CN2c1ccc(F)c(F)c1. The summed E-state index contributed by atoms with van der Waals surface area (Å²) in [6.45, 7) is 6.48. The van der Waals surface area contributed by atoms with Gasteiger partial charge in [-0.1, -0.05) is 13.8 Å². The Balaban J connectivity index is 1.54. The van der Waals surface area contributed by atoms with Crippen molar-refractivity contribution in [2.24, 2.45) is 0 Å². The molecule has 0 saturated heterocycles. The zero-order chi connectivity index (χ0) is 25.6. The van der Waals surface area contributed by atoms with Crippen LogP contribution in [0.5, 0.6) is 5.75 Å². The van der Waals surface area contributed by atoms with E-state index in [-0.39, 0.29) is 5.41 Å². The predicted octanol–water partition coefficient (Wildman–Crippen LogP) is 4.87. The third kappa shape index (κ3) is 4.06. The van der Waals surface area contributed by atoms with Crippen LogP contribution in [0.15, 0.2) is 42.7 Å². The third-order valence-electron chi connectivity index (χ3n) is 6.12. The highest BCUT2D eigenvalue weighted by Gasteiger charge is 2.40. The second-order valence-electron chi connectivity index (χ2n) is 9.16. The van der Waals surface area contributed by atoms with Crippen molar-refractivity contribution in [1.29, 1.82) is 0 Å². The van der Waals surface area contributed by atoms with Crippen LogP contribution in [0.1, 0.15) is 25.2 Å². The lowest BCUT2D eigenvalue weighted by Gasteiger charge is -2.22. The van der Waals surface area contributed by atoms with Gasteiger partial charge in [-0.15, -0.1) is 0 Å². The summed E-state index contributed by atoms with van der Waals surface area (Å²) in [5.41, 5.74) is 2.51. The molecule has 0 bridgehead atoms. The van der Waals surface area contributed by atoms with Crippen molar-refractivity contribution >= 4 is 29.0 Å². The van der Waals surface area contributed by atoms with Crippen LogP contribution in [-0.4, -0.2) is 45.4 Å². The van der Waals surface area contributed by atoms with E-state index in [9.17, 15) is 8.78 Å². The van der Waals surface area contributed by atoms with Crippen LogP contribution in [0.2, 0.25) is 0 Å². The summed E-state index contributed by atoms with van der Waals surface area (Å²) >= 11 is 0. The lowest BCUT2D eigenvalue weighted by Crippen LogP contribution is -2.25. The zero-order valence-electron chi connectivity index (χ0n) is 20.6. The summed E-state index contributed by atoms with van der Waals surface area (Å²) in [7, 11) is 3.37. The Labute approximate surface area is 207 Å². The fraction of sp³-hybridized carbons (Fsp3) is 0.280. The zero-order valence-corrected chi connectivity index (χ0v) is 20.6. The number of nitrogens with zero attached hydrogens (tertiary/aromatic N) is 6. The van der Waals surface area contributed by atoms with Crippen molar-refractivity contribution in [3.63, 3.8) is 0 Å². The summed E-state index contributed by atoms with van der Waals surface area (Å²) in [4.78, 5) is 15.5. The number of fused-ring (bicyclic) bond motifs is 1. The Hall–Kier alpha value is -4.28. The highest BCUT2D eigenvalue weighted by atomic mass is 19.2. The van der Waals surface area contributed by atoms with Crippen LogP contribution >= 0.6 is 0 Å². The normalized spacial score (nSPS) is 14.0. The molecule has 3 heterocycles. The maximum Gasteiger partial charge on any atom is 0.231 e. The maximum atomic E-state index is 14.1. The first-order valence-electron chi connectivity index (χ1n) is 11.4. The number of hydrogen-bond acceptors (Lipinski definition) is 8. The van der Waals surface area contributed by atoms with Crippen molar-refractivity contribution in [2.75, 3.05) is 36.2 Å². The number of benzene rings is 2. The first-order valence-corrected chi connectivity index (χ1v) is 11.4. The molecule has 0 atom stereocenters. The first kappa shape index (κ1) is 23.5. The molecule has 0 saturated carbocycles. The van der Waals surface area contributed by atoms with E-state index >= 15 is 0 Å². The van der Waals surface area contributed by atoms with Gasteiger partial charge in [0.2, 0.25) is 5.95 Å². The van der Waals surface area contributed by atoms with E-state index in [1.807, 2.05) is 30.0 Å². The number of aromatic nitrogens is 5. The molecule has 11 heteroatoms. The molecule has 0 spiro atoms. The van der Waals surface area contributed by atoms with Gasteiger partial charge in [0.1, 0.15) is 35.2 Å². The minimum Gasteiger partial charge on any atom is -0.494 e. The molecule has 1 aliphatic rings. The van der Waals surface area contributed by atoms with Crippen LogP contribution in [0.3, 0.4) is 0 Å². The molecule has 0 radical (unpaired) electrons. The number of aryl methyl sites for hydroxylation is 1. The monoisotopic (exact) mass is 492 g/mol. The number of rotatable bonds is 6. The van der Waals surface area contributed by atoms with Crippen LogP contribution < -0.4 is 20.3 Å². The molecule has 2 N–H and O–H groups in total. The predicted molar refractivity (Wildman–Crippen MR) is 134 cm³/mol. The van der Waals surface area contributed by atoms with Gasteiger partial charge in [-0.05, 0) is 31.2 Å². The van der Waals surface area contributed by atoms with Crippen molar-refractivity contribution in [3.05, 3.63) is 65.7 Å². The number of hydrogen-bond donors (Lipinski definition) is 2. The van der Waals surface area contributed by atoms with E-state index in [2.05, 4.69) is 34.6 Å². The second-order valence-corrected chi connectivity index (χ2v) is 9.16. The van der Waals surface area contributed by atoms with Gasteiger partial charge in [0.05, 0.1) is 7.11 Å². The fourth-order valence-corrected chi connectivity index (χ4v) is 4.46. The molecular formula is C25H26F2N8O. The maximum absolute atomic E-state index is 14.1. The molecule has 2 aromatic carbocycles. The van der Waals surface area contributed by atoms with Crippen LogP contribution in [0.25, 0.3) is 5.69 Å². The van der Waals surface area contributed by atoms with Gasteiger partial charge in [0.15, 0.2) is 11.6 Å². The largest absolute Gasteiger partial charge is 0.494 e.